The lowest BCUT2D eigenvalue weighted by molar-refractivity contribution is -0.128. The molecule has 9 heteroatoms. The highest BCUT2D eigenvalue weighted by Crippen LogP contribution is 2.44. The standard InChI is InChI=1S/C35H34BrFN2O5/c1-42-30-8-4-7-26(22-30)32-35(23-27-6-2-3-9-31(27)36,34(41)38-19-18-24-10-14-28(37)15-11-24)39-33(44-32)25-12-16-29(17-13-25)43-21-5-20-40/h2-4,6-17,22,32,40H,5,18-21,23H2,1H3,(H,38,41)/t32-,35-/m1/s1. The van der Waals surface area contributed by atoms with E-state index in [0.29, 0.717) is 49.0 Å². The second kappa shape index (κ2) is 14.5. The van der Waals surface area contributed by atoms with Crippen molar-refractivity contribution in [1.29, 1.82) is 0 Å². The van der Waals surface area contributed by atoms with Crippen LogP contribution in [0.2, 0.25) is 0 Å². The number of nitrogens with zero attached hydrogens (tertiary/aromatic N) is 1. The van der Waals surface area contributed by atoms with Crippen LogP contribution in [0.5, 0.6) is 11.5 Å². The molecule has 7 nitrogen and oxygen atoms in total. The molecule has 0 bridgehead atoms. The molecule has 1 aliphatic rings. The molecule has 0 fully saturated rings. The summed E-state index contributed by atoms with van der Waals surface area (Å²) >= 11 is 3.66. The minimum Gasteiger partial charge on any atom is -0.497 e. The molecule has 4 aromatic rings. The van der Waals surface area contributed by atoms with E-state index >= 15 is 0 Å². The number of ether oxygens (including phenoxy) is 3. The third-order valence-corrected chi connectivity index (χ3v) is 8.23. The Bertz CT molecular complexity index is 1600. The minimum atomic E-state index is -1.37. The van der Waals surface area contributed by atoms with Gasteiger partial charge in [-0.15, -0.1) is 0 Å². The summed E-state index contributed by atoms with van der Waals surface area (Å²) in [4.78, 5) is 19.5. The van der Waals surface area contributed by atoms with Gasteiger partial charge in [0.15, 0.2) is 11.6 Å². The molecule has 228 valence electrons. The van der Waals surface area contributed by atoms with Gasteiger partial charge in [0.25, 0.3) is 5.91 Å². The fraction of sp³-hybridized carbons (Fsp3) is 0.257. The van der Waals surface area contributed by atoms with Crippen molar-refractivity contribution in [3.63, 3.8) is 0 Å². The molecule has 2 N–H and O–H groups in total. The zero-order valence-electron chi connectivity index (χ0n) is 24.3. The summed E-state index contributed by atoms with van der Waals surface area (Å²) in [5.74, 6) is 1.03. The van der Waals surface area contributed by atoms with Gasteiger partial charge >= 0.3 is 0 Å². The number of carbonyl (C=O) groups excluding carboxylic acids is 1. The summed E-state index contributed by atoms with van der Waals surface area (Å²) in [6.45, 7) is 0.788. The highest BCUT2D eigenvalue weighted by molar-refractivity contribution is 9.10. The van der Waals surface area contributed by atoms with Gasteiger partial charge in [0.05, 0.1) is 13.7 Å². The fourth-order valence-electron chi connectivity index (χ4n) is 5.14. The second-order valence-corrected chi connectivity index (χ2v) is 11.3. The predicted octanol–water partition coefficient (Wildman–Crippen LogP) is 6.22. The van der Waals surface area contributed by atoms with E-state index in [0.717, 1.165) is 21.2 Å². The number of amides is 1. The highest BCUT2D eigenvalue weighted by atomic mass is 79.9. The number of aliphatic hydroxyl groups is 1. The van der Waals surface area contributed by atoms with Crippen LogP contribution in [0.25, 0.3) is 0 Å². The number of aliphatic imine (C=N–C) groups is 1. The van der Waals surface area contributed by atoms with Gasteiger partial charge in [-0.25, -0.2) is 9.38 Å². The molecular weight excluding hydrogens is 627 g/mol. The van der Waals surface area contributed by atoms with Crippen LogP contribution in [0.4, 0.5) is 4.39 Å². The van der Waals surface area contributed by atoms with Crippen LogP contribution >= 0.6 is 15.9 Å². The molecule has 0 saturated carbocycles. The molecule has 0 radical (unpaired) electrons. The number of methoxy groups -OCH3 is 1. The summed E-state index contributed by atoms with van der Waals surface area (Å²) < 4.78 is 32.1. The third-order valence-electron chi connectivity index (χ3n) is 7.46. The van der Waals surface area contributed by atoms with Crippen molar-refractivity contribution >= 4 is 27.7 Å². The zero-order valence-corrected chi connectivity index (χ0v) is 25.9. The van der Waals surface area contributed by atoms with Crippen LogP contribution in [0.1, 0.15) is 34.8 Å². The zero-order chi connectivity index (χ0) is 30.9. The maximum Gasteiger partial charge on any atom is 0.252 e. The Morgan fingerprint density at radius 1 is 1.02 bits per heavy atom. The Kier molecular flexibility index (Phi) is 10.3. The maximum atomic E-state index is 14.4. The van der Waals surface area contributed by atoms with Crippen LogP contribution in [-0.2, 0) is 22.4 Å². The predicted molar refractivity (Wildman–Crippen MR) is 171 cm³/mol. The van der Waals surface area contributed by atoms with Crippen molar-refractivity contribution in [2.75, 3.05) is 26.9 Å². The average Bonchev–Trinajstić information content (AvgIpc) is 3.44. The van der Waals surface area contributed by atoms with Gasteiger partial charge in [-0.05, 0) is 77.7 Å². The lowest BCUT2D eigenvalue weighted by atomic mass is 9.82. The Hall–Kier alpha value is -4.21. The third kappa shape index (κ3) is 7.29. The normalized spacial score (nSPS) is 17.5. The summed E-state index contributed by atoms with van der Waals surface area (Å²) in [6, 6.07) is 28.8. The van der Waals surface area contributed by atoms with Gasteiger partial charge in [0, 0.05) is 36.0 Å². The van der Waals surface area contributed by atoms with Gasteiger partial charge < -0.3 is 24.6 Å². The van der Waals surface area contributed by atoms with Crippen molar-refractivity contribution < 1.29 is 28.5 Å². The van der Waals surface area contributed by atoms with Crippen molar-refractivity contribution in [3.05, 3.63) is 130 Å². The van der Waals surface area contributed by atoms with E-state index < -0.39 is 11.6 Å². The van der Waals surface area contributed by atoms with Crippen molar-refractivity contribution in [2.45, 2.75) is 30.9 Å². The first kappa shape index (κ1) is 31.2. The Morgan fingerprint density at radius 3 is 2.52 bits per heavy atom. The largest absolute Gasteiger partial charge is 0.497 e. The van der Waals surface area contributed by atoms with E-state index in [9.17, 15) is 9.18 Å². The first-order valence-corrected chi connectivity index (χ1v) is 15.2. The van der Waals surface area contributed by atoms with Crippen molar-refractivity contribution in [2.24, 2.45) is 4.99 Å². The number of aliphatic hydroxyl groups excluding tert-OH is 1. The van der Waals surface area contributed by atoms with E-state index in [1.54, 1.807) is 19.2 Å². The Labute approximate surface area is 264 Å². The molecule has 2 atom stereocenters. The number of benzene rings is 4. The van der Waals surface area contributed by atoms with Gasteiger partial charge in [-0.3, -0.25) is 4.79 Å². The SMILES string of the molecule is COc1cccc([C@H]2OC(c3ccc(OCCCO)cc3)=N[C@@]2(Cc2ccccc2Br)C(=O)NCCc2ccc(F)cc2)c1. The summed E-state index contributed by atoms with van der Waals surface area (Å²) in [5, 5.41) is 12.2. The maximum absolute atomic E-state index is 14.4. The van der Waals surface area contributed by atoms with Crippen molar-refractivity contribution in [1.82, 2.24) is 5.32 Å². The number of rotatable bonds is 13. The van der Waals surface area contributed by atoms with Gasteiger partial charge in [0.2, 0.25) is 5.90 Å². The lowest BCUT2D eigenvalue weighted by Crippen LogP contribution is -2.50. The van der Waals surface area contributed by atoms with Crippen LogP contribution in [0.3, 0.4) is 0 Å². The van der Waals surface area contributed by atoms with E-state index in [1.807, 2.05) is 72.8 Å². The van der Waals surface area contributed by atoms with Gasteiger partial charge in [-0.2, -0.15) is 0 Å². The summed E-state index contributed by atoms with van der Waals surface area (Å²) in [5.41, 5.74) is 1.87. The van der Waals surface area contributed by atoms with E-state index in [-0.39, 0.29) is 24.8 Å². The van der Waals surface area contributed by atoms with E-state index in [4.69, 9.17) is 24.3 Å². The number of halogens is 2. The second-order valence-electron chi connectivity index (χ2n) is 10.5. The molecule has 44 heavy (non-hydrogen) atoms. The average molecular weight is 662 g/mol. The molecule has 0 unspecified atom stereocenters. The van der Waals surface area contributed by atoms with Crippen molar-refractivity contribution in [3.8, 4) is 11.5 Å². The molecule has 0 spiro atoms. The molecule has 1 aliphatic heterocycles. The molecule has 0 saturated heterocycles. The van der Waals surface area contributed by atoms with E-state index in [1.165, 1.54) is 12.1 Å². The lowest BCUT2D eigenvalue weighted by Gasteiger charge is -2.31. The monoisotopic (exact) mass is 660 g/mol. The van der Waals surface area contributed by atoms with Gasteiger partial charge in [-0.1, -0.05) is 58.4 Å². The van der Waals surface area contributed by atoms with Gasteiger partial charge in [0.1, 0.15) is 17.3 Å². The highest BCUT2D eigenvalue weighted by Gasteiger charge is 2.53. The van der Waals surface area contributed by atoms with E-state index in [2.05, 4.69) is 21.2 Å². The quantitative estimate of drug-likeness (QED) is 0.166. The van der Waals surface area contributed by atoms with Crippen LogP contribution in [-0.4, -0.2) is 49.3 Å². The summed E-state index contributed by atoms with van der Waals surface area (Å²) in [7, 11) is 1.59. The molecule has 5 rings (SSSR count). The van der Waals surface area contributed by atoms with Crippen LogP contribution in [0.15, 0.2) is 107 Å². The van der Waals surface area contributed by atoms with Crippen LogP contribution in [0, 0.1) is 5.82 Å². The molecule has 4 aromatic carbocycles. The fourth-order valence-corrected chi connectivity index (χ4v) is 5.57. The van der Waals surface area contributed by atoms with Crippen LogP contribution < -0.4 is 14.8 Å². The minimum absolute atomic E-state index is 0.0555. The Morgan fingerprint density at radius 2 is 1.80 bits per heavy atom. The molecule has 0 aromatic heterocycles. The number of nitrogens with one attached hydrogen (secondary N) is 1. The Balaban J connectivity index is 1.53. The molecule has 1 heterocycles. The number of hydrogen-bond acceptors (Lipinski definition) is 6. The molecule has 0 aliphatic carbocycles. The smallest absolute Gasteiger partial charge is 0.252 e. The first-order chi connectivity index (χ1) is 21.4. The first-order valence-electron chi connectivity index (χ1n) is 14.4. The topological polar surface area (TPSA) is 89.4 Å². The molecule has 1 amide bonds. The summed E-state index contributed by atoms with van der Waals surface area (Å²) in [6.07, 6.45) is 0.542. The number of hydrogen-bond donors (Lipinski definition) is 2. The molecular formula is C35H34BrFN2O5. The number of carbonyl (C=O) groups is 1.